The number of halogens is 1. The molecule has 0 aliphatic heterocycles. The molecule has 1 unspecified atom stereocenters. The van der Waals surface area contributed by atoms with Crippen molar-refractivity contribution in [3.05, 3.63) is 104 Å². The smallest absolute Gasteiger partial charge is 0.188 e. The maximum atomic E-state index is 6.90. The molecule has 1 atom stereocenters. The summed E-state index contributed by atoms with van der Waals surface area (Å²) in [6, 6.07) is 33.1. The molecule has 0 aliphatic rings. The lowest BCUT2D eigenvalue weighted by Gasteiger charge is -2.37. The van der Waals surface area contributed by atoms with Crippen molar-refractivity contribution in [2.24, 2.45) is 0 Å². The molecule has 3 aromatic rings. The molecular formula is C27H36IOPSi. The van der Waals surface area contributed by atoms with E-state index in [1.807, 2.05) is 6.92 Å². The minimum Gasteiger partial charge on any atom is -1.00 e. The molecule has 0 N–H and O–H groups in total. The van der Waals surface area contributed by atoms with Crippen LogP contribution in [-0.2, 0) is 4.43 Å². The molecule has 0 aliphatic carbocycles. The summed E-state index contributed by atoms with van der Waals surface area (Å²) in [5.74, 6) is 0.177. The minimum atomic E-state index is -1.95. The Morgan fingerprint density at radius 2 is 1.06 bits per heavy atom. The van der Waals surface area contributed by atoms with Gasteiger partial charge in [-0.1, -0.05) is 67.6 Å². The Morgan fingerprint density at radius 3 is 1.29 bits per heavy atom. The fraction of sp³-hybridized carbons (Fsp3) is 0.259. The Bertz CT molecular complexity index is 783. The van der Waals surface area contributed by atoms with E-state index in [0.29, 0.717) is 0 Å². The monoisotopic (exact) mass is 562 g/mol. The van der Waals surface area contributed by atoms with Gasteiger partial charge in [0, 0.05) is 6.42 Å². The van der Waals surface area contributed by atoms with Crippen molar-refractivity contribution in [3.63, 3.8) is 0 Å². The molecule has 3 rings (SSSR count). The van der Waals surface area contributed by atoms with E-state index in [2.05, 4.69) is 124 Å². The number of hydrogen-bond acceptors (Lipinski definition) is 1. The van der Waals surface area contributed by atoms with Crippen LogP contribution in [0.25, 0.3) is 0 Å². The van der Waals surface area contributed by atoms with E-state index in [9.17, 15) is 0 Å². The van der Waals surface area contributed by atoms with Gasteiger partial charge in [-0.3, -0.25) is 0 Å². The zero-order chi connectivity index (χ0) is 22.0. The third-order valence-corrected chi connectivity index (χ3v) is 10.6. The van der Waals surface area contributed by atoms with Crippen molar-refractivity contribution in [2.75, 3.05) is 0 Å². The predicted octanol–water partition coefficient (Wildman–Crippen LogP) is 3.76. The molecule has 3 aromatic carbocycles. The third-order valence-electron chi connectivity index (χ3n) is 4.76. The van der Waals surface area contributed by atoms with Gasteiger partial charge in [0.1, 0.15) is 23.2 Å². The quantitative estimate of drug-likeness (QED) is 0.185. The largest absolute Gasteiger partial charge is 1.00 e. The summed E-state index contributed by atoms with van der Waals surface area (Å²) in [5, 5.41) is 4.19. The van der Waals surface area contributed by atoms with Gasteiger partial charge in [0.25, 0.3) is 0 Å². The lowest BCUT2D eigenvalue weighted by atomic mass is 10.3. The molecule has 0 amide bonds. The van der Waals surface area contributed by atoms with Crippen molar-refractivity contribution in [3.8, 4) is 0 Å². The van der Waals surface area contributed by atoms with Crippen LogP contribution in [0.4, 0.5) is 0 Å². The van der Waals surface area contributed by atoms with Crippen LogP contribution in [-0.4, -0.2) is 14.2 Å². The Morgan fingerprint density at radius 1 is 0.774 bits per heavy atom. The van der Waals surface area contributed by atoms with Crippen LogP contribution < -0.4 is 39.9 Å². The van der Waals surface area contributed by atoms with Crippen LogP contribution in [0.1, 0.15) is 20.3 Å². The predicted molar refractivity (Wildman–Crippen MR) is 140 cm³/mol. The van der Waals surface area contributed by atoms with Gasteiger partial charge in [0.2, 0.25) is 0 Å². The van der Waals surface area contributed by atoms with E-state index in [4.69, 9.17) is 4.43 Å². The van der Waals surface area contributed by atoms with Crippen LogP contribution in [0.3, 0.4) is 0 Å². The lowest BCUT2D eigenvalue weighted by Crippen LogP contribution is -3.00. The van der Waals surface area contributed by atoms with Gasteiger partial charge in [-0.25, -0.2) is 0 Å². The first-order valence-corrected chi connectivity index (χ1v) is 16.0. The average Bonchev–Trinajstić information content (AvgIpc) is 2.75. The Balaban J connectivity index is 0.00000113. The second kappa shape index (κ2) is 13.3. The standard InChI is InChI=1S/C24H30OPSi.C3H6.HI/c1-5-24(25-27(2,3)4)26(21-15-9-6-10-16-21,22-17-11-7-12-18-22)23-19-13-8-14-20-23;1-3-2;/h6-20,24H,5H2,1-4H3;3H,1H2,2H3;1H/q+1;;/p-1. The molecule has 166 valence electrons. The number of hydrogen-bond donors (Lipinski definition) is 0. The van der Waals surface area contributed by atoms with E-state index in [1.54, 1.807) is 6.08 Å². The van der Waals surface area contributed by atoms with Crippen molar-refractivity contribution in [1.82, 2.24) is 0 Å². The summed E-state index contributed by atoms with van der Waals surface area (Å²) < 4.78 is 6.90. The first kappa shape index (κ1) is 27.8. The van der Waals surface area contributed by atoms with Gasteiger partial charge in [-0.15, -0.1) is 6.58 Å². The van der Waals surface area contributed by atoms with Crippen molar-refractivity contribution >= 4 is 31.5 Å². The summed E-state index contributed by atoms with van der Waals surface area (Å²) in [7, 11) is -3.67. The van der Waals surface area contributed by atoms with Crippen LogP contribution in [0.2, 0.25) is 19.6 Å². The highest BCUT2D eigenvalue weighted by Crippen LogP contribution is 2.61. The molecule has 4 heteroatoms. The topological polar surface area (TPSA) is 9.23 Å². The first-order chi connectivity index (χ1) is 14.4. The maximum absolute atomic E-state index is 6.90. The molecule has 0 saturated carbocycles. The first-order valence-electron chi connectivity index (χ1n) is 10.7. The Labute approximate surface area is 208 Å². The van der Waals surface area contributed by atoms with E-state index in [1.165, 1.54) is 15.9 Å². The number of benzene rings is 3. The van der Waals surface area contributed by atoms with Crippen molar-refractivity contribution < 1.29 is 28.4 Å². The highest BCUT2D eigenvalue weighted by molar-refractivity contribution is 7.96. The summed E-state index contributed by atoms with van der Waals surface area (Å²) in [6.45, 7) is 14.4. The van der Waals surface area contributed by atoms with Crippen LogP contribution in [0, 0.1) is 0 Å². The zero-order valence-electron chi connectivity index (χ0n) is 19.5. The van der Waals surface area contributed by atoms with Gasteiger partial charge in [0.15, 0.2) is 14.2 Å². The van der Waals surface area contributed by atoms with E-state index < -0.39 is 15.6 Å². The van der Waals surface area contributed by atoms with Crippen molar-refractivity contribution in [1.29, 1.82) is 0 Å². The Hall–Kier alpha value is -1.26. The van der Waals surface area contributed by atoms with E-state index >= 15 is 0 Å². The van der Waals surface area contributed by atoms with E-state index in [0.717, 1.165) is 6.42 Å². The number of rotatable bonds is 7. The third kappa shape index (κ3) is 7.11. The molecule has 0 radical (unpaired) electrons. The molecule has 31 heavy (non-hydrogen) atoms. The summed E-state index contributed by atoms with van der Waals surface area (Å²) in [4.78, 5) is 0. The fourth-order valence-electron chi connectivity index (χ4n) is 3.78. The normalized spacial score (nSPS) is 12.0. The second-order valence-electron chi connectivity index (χ2n) is 8.23. The molecular weight excluding hydrogens is 526 g/mol. The second-order valence-corrected chi connectivity index (χ2v) is 16.3. The zero-order valence-corrected chi connectivity index (χ0v) is 23.5. The van der Waals surface area contributed by atoms with Crippen LogP contribution in [0.15, 0.2) is 104 Å². The summed E-state index contributed by atoms with van der Waals surface area (Å²) >= 11 is 0. The molecule has 0 fully saturated rings. The summed E-state index contributed by atoms with van der Waals surface area (Å²) in [5.41, 5.74) is 0. The van der Waals surface area contributed by atoms with Gasteiger partial charge in [0.05, 0.1) is 0 Å². The summed E-state index contributed by atoms with van der Waals surface area (Å²) in [6.07, 6.45) is 2.75. The molecule has 0 spiro atoms. The molecule has 0 aromatic heterocycles. The SMILES string of the molecule is C=CC.CCC(O[Si](C)(C)C)[P+](c1ccccc1)(c1ccccc1)c1ccccc1.[I-]. The van der Waals surface area contributed by atoms with Gasteiger partial charge in [-0.2, -0.15) is 0 Å². The fourth-order valence-corrected chi connectivity index (χ4v) is 10.7. The average molecular weight is 563 g/mol. The lowest BCUT2D eigenvalue weighted by molar-refractivity contribution is -0.00000749. The van der Waals surface area contributed by atoms with Crippen LogP contribution >= 0.6 is 7.26 Å². The molecule has 0 saturated heterocycles. The highest BCUT2D eigenvalue weighted by Gasteiger charge is 2.53. The van der Waals surface area contributed by atoms with Gasteiger partial charge in [-0.05, 0) is 63.0 Å². The van der Waals surface area contributed by atoms with E-state index in [-0.39, 0.29) is 29.8 Å². The maximum Gasteiger partial charge on any atom is 0.188 e. The van der Waals surface area contributed by atoms with Crippen LogP contribution in [0.5, 0.6) is 0 Å². The molecule has 0 bridgehead atoms. The minimum absolute atomic E-state index is 0. The van der Waals surface area contributed by atoms with Gasteiger partial charge < -0.3 is 28.4 Å². The molecule has 0 heterocycles. The Kier molecular flexibility index (Phi) is 11.9. The molecule has 1 nitrogen and oxygen atoms in total. The van der Waals surface area contributed by atoms with Gasteiger partial charge >= 0.3 is 0 Å². The number of allylic oxidation sites excluding steroid dienone is 1. The highest BCUT2D eigenvalue weighted by atomic mass is 127. The van der Waals surface area contributed by atoms with Crippen molar-refractivity contribution in [2.45, 2.75) is 45.8 Å².